The topological polar surface area (TPSA) is 122 Å². The Morgan fingerprint density at radius 3 is 2.81 bits per heavy atom. The molecule has 0 radical (unpaired) electrons. The van der Waals surface area contributed by atoms with Crippen LogP contribution in [0.4, 0.5) is 5.69 Å². The minimum absolute atomic E-state index is 0.0572. The van der Waals surface area contributed by atoms with Crippen molar-refractivity contribution in [1.82, 2.24) is 5.32 Å². The Labute approximate surface area is 153 Å². The maximum Gasteiger partial charge on any atom is 0.338 e. The molecule has 1 aromatic rings. The summed E-state index contributed by atoms with van der Waals surface area (Å²) in [4.78, 5) is 39.7. The van der Waals surface area contributed by atoms with Crippen LogP contribution in [-0.2, 0) is 14.3 Å². The molecule has 134 valence electrons. The van der Waals surface area contributed by atoms with Gasteiger partial charge in [-0.2, -0.15) is 10.2 Å². The minimum Gasteiger partial charge on any atom is -0.462 e. The van der Waals surface area contributed by atoms with Crippen LogP contribution in [0.15, 0.2) is 51.3 Å². The number of anilines is 1. The van der Waals surface area contributed by atoms with Gasteiger partial charge in [-0.15, -0.1) is 0 Å². The second-order valence-electron chi connectivity index (χ2n) is 5.21. The van der Waals surface area contributed by atoms with Crippen LogP contribution >= 0.6 is 11.8 Å². The Hall–Kier alpha value is -3.01. The van der Waals surface area contributed by atoms with Crippen LogP contribution in [0, 0.1) is 0 Å². The summed E-state index contributed by atoms with van der Waals surface area (Å²) in [6.45, 7) is 2.03. The van der Waals surface area contributed by atoms with E-state index in [0.29, 0.717) is 28.6 Å². The number of benzene rings is 1. The highest BCUT2D eigenvalue weighted by atomic mass is 32.2. The number of carbonyl (C=O) groups is 3. The van der Waals surface area contributed by atoms with E-state index in [0.717, 1.165) is 11.8 Å². The summed E-state index contributed by atoms with van der Waals surface area (Å²) >= 11 is 1.10. The molecule has 1 atom stereocenters. The van der Waals surface area contributed by atoms with E-state index in [1.165, 1.54) is 6.20 Å². The third kappa shape index (κ3) is 4.14. The zero-order valence-corrected chi connectivity index (χ0v) is 14.6. The number of nitrogens with zero attached hydrogens (tertiary/aromatic N) is 3. The summed E-state index contributed by atoms with van der Waals surface area (Å²) in [6.07, 6.45) is 0.752. The van der Waals surface area contributed by atoms with Crippen molar-refractivity contribution in [3.05, 3.63) is 41.6 Å². The number of azo groups is 1. The van der Waals surface area contributed by atoms with Gasteiger partial charge in [-0.1, -0.05) is 11.8 Å². The Morgan fingerprint density at radius 2 is 2.08 bits per heavy atom. The minimum atomic E-state index is -0.621. The number of nitrogens with one attached hydrogen (secondary N) is 2. The predicted octanol–water partition coefficient (Wildman–Crippen LogP) is 1.70. The number of amidine groups is 1. The number of hydrogen-bond acceptors (Lipinski definition) is 8. The SMILES string of the molecule is CCOC(=O)c1ccc(NC(=O)CSC2=NC3N=NC=C3C(=O)N2)cc1. The molecule has 26 heavy (non-hydrogen) atoms. The molecule has 2 heterocycles. The Balaban J connectivity index is 1.51. The fourth-order valence-electron chi connectivity index (χ4n) is 2.18. The van der Waals surface area contributed by atoms with Crippen LogP contribution in [0.1, 0.15) is 17.3 Å². The van der Waals surface area contributed by atoms with Crippen LogP contribution in [-0.4, -0.2) is 41.5 Å². The van der Waals surface area contributed by atoms with Crippen molar-refractivity contribution < 1.29 is 19.1 Å². The summed E-state index contributed by atoms with van der Waals surface area (Å²) < 4.78 is 4.90. The molecule has 1 unspecified atom stereocenters. The van der Waals surface area contributed by atoms with Crippen LogP contribution in [0.5, 0.6) is 0 Å². The van der Waals surface area contributed by atoms with Gasteiger partial charge in [0.1, 0.15) is 0 Å². The van der Waals surface area contributed by atoms with Gasteiger partial charge in [0.15, 0.2) is 11.3 Å². The third-order valence-electron chi connectivity index (χ3n) is 3.39. The van der Waals surface area contributed by atoms with Gasteiger partial charge < -0.3 is 15.4 Å². The fourth-order valence-corrected chi connectivity index (χ4v) is 2.86. The molecule has 0 fully saturated rings. The largest absolute Gasteiger partial charge is 0.462 e. The Morgan fingerprint density at radius 1 is 1.31 bits per heavy atom. The molecule has 0 saturated carbocycles. The van der Waals surface area contributed by atoms with Crippen molar-refractivity contribution in [2.75, 3.05) is 17.7 Å². The van der Waals surface area contributed by atoms with Gasteiger partial charge in [-0.3, -0.25) is 9.59 Å². The molecule has 10 heteroatoms. The number of hydrogen-bond donors (Lipinski definition) is 2. The number of ether oxygens (including phenoxy) is 1. The summed E-state index contributed by atoms with van der Waals surface area (Å²) in [6, 6.07) is 6.38. The fraction of sp³-hybridized carbons (Fsp3) is 0.250. The molecular weight excluding hydrogens is 358 g/mol. The van der Waals surface area contributed by atoms with Gasteiger partial charge >= 0.3 is 5.97 Å². The molecule has 9 nitrogen and oxygen atoms in total. The lowest BCUT2D eigenvalue weighted by Crippen LogP contribution is -2.38. The normalized spacial score (nSPS) is 17.7. The molecule has 2 aliphatic heterocycles. The Kier molecular flexibility index (Phi) is 5.42. The van der Waals surface area contributed by atoms with E-state index in [9.17, 15) is 14.4 Å². The lowest BCUT2D eigenvalue weighted by Gasteiger charge is -2.16. The molecule has 0 aliphatic carbocycles. The smallest absolute Gasteiger partial charge is 0.338 e. The predicted molar refractivity (Wildman–Crippen MR) is 95.8 cm³/mol. The first-order valence-corrected chi connectivity index (χ1v) is 8.74. The van der Waals surface area contributed by atoms with Crippen molar-refractivity contribution in [3.63, 3.8) is 0 Å². The molecule has 0 spiro atoms. The van der Waals surface area contributed by atoms with Crippen molar-refractivity contribution in [3.8, 4) is 0 Å². The van der Waals surface area contributed by atoms with Crippen LogP contribution in [0.2, 0.25) is 0 Å². The number of thioether (sulfide) groups is 1. The highest BCUT2D eigenvalue weighted by molar-refractivity contribution is 8.14. The molecule has 0 aromatic heterocycles. The molecule has 2 aliphatic rings. The monoisotopic (exact) mass is 373 g/mol. The van der Waals surface area contributed by atoms with Crippen molar-refractivity contribution >= 4 is 40.4 Å². The van der Waals surface area contributed by atoms with Gasteiger partial charge in [0.2, 0.25) is 5.91 Å². The highest BCUT2D eigenvalue weighted by Gasteiger charge is 2.29. The number of fused-ring (bicyclic) bond motifs is 1. The van der Waals surface area contributed by atoms with Crippen molar-refractivity contribution in [1.29, 1.82) is 0 Å². The molecule has 1 aromatic carbocycles. The van der Waals surface area contributed by atoms with E-state index in [4.69, 9.17) is 4.74 Å². The van der Waals surface area contributed by atoms with Gasteiger partial charge in [-0.05, 0) is 31.2 Å². The first-order valence-electron chi connectivity index (χ1n) is 7.76. The number of aliphatic imine (C=N–C) groups is 1. The van der Waals surface area contributed by atoms with Crippen LogP contribution in [0.25, 0.3) is 0 Å². The van der Waals surface area contributed by atoms with Gasteiger partial charge in [0, 0.05) is 5.69 Å². The quantitative estimate of drug-likeness (QED) is 0.761. The molecule has 0 bridgehead atoms. The number of rotatable bonds is 5. The summed E-state index contributed by atoms with van der Waals surface area (Å²) in [5.41, 5.74) is 1.35. The first-order chi connectivity index (χ1) is 12.6. The molecule has 3 rings (SSSR count). The molecule has 2 N–H and O–H groups in total. The molecule has 2 amide bonds. The standard InChI is InChI=1S/C16H15N5O4S/c1-2-25-15(24)9-3-5-10(6-4-9)18-12(22)8-26-16-19-13-11(7-17-21-13)14(23)20-16/h3-7,13H,2,8H2,1H3,(H,18,22)(H,19,20,23). The lowest BCUT2D eigenvalue weighted by atomic mass is 10.2. The average molecular weight is 373 g/mol. The van der Waals surface area contributed by atoms with E-state index in [1.807, 2.05) is 0 Å². The summed E-state index contributed by atoms with van der Waals surface area (Å²) in [5.74, 6) is -0.941. The van der Waals surface area contributed by atoms with Gasteiger partial charge in [-0.25, -0.2) is 9.79 Å². The summed E-state index contributed by atoms with van der Waals surface area (Å²) in [7, 11) is 0. The molecular formula is C16H15N5O4S. The van der Waals surface area contributed by atoms with E-state index in [1.54, 1.807) is 31.2 Å². The first kappa shape index (κ1) is 17.8. The van der Waals surface area contributed by atoms with E-state index in [-0.39, 0.29) is 17.6 Å². The van der Waals surface area contributed by atoms with Crippen molar-refractivity contribution in [2.24, 2.45) is 15.2 Å². The van der Waals surface area contributed by atoms with E-state index < -0.39 is 12.1 Å². The second-order valence-corrected chi connectivity index (χ2v) is 6.18. The summed E-state index contributed by atoms with van der Waals surface area (Å²) in [5, 5.41) is 13.1. The Bertz CT molecular complexity index is 832. The van der Waals surface area contributed by atoms with E-state index >= 15 is 0 Å². The maximum atomic E-state index is 12.0. The zero-order valence-electron chi connectivity index (χ0n) is 13.8. The van der Waals surface area contributed by atoms with Crippen LogP contribution in [0.3, 0.4) is 0 Å². The number of esters is 1. The number of amides is 2. The average Bonchev–Trinajstić information content (AvgIpc) is 3.10. The highest BCUT2D eigenvalue weighted by Crippen LogP contribution is 2.22. The second kappa shape index (κ2) is 7.91. The maximum absolute atomic E-state index is 12.0. The molecule has 0 saturated heterocycles. The lowest BCUT2D eigenvalue weighted by molar-refractivity contribution is -0.116. The van der Waals surface area contributed by atoms with E-state index in [2.05, 4.69) is 25.9 Å². The van der Waals surface area contributed by atoms with Gasteiger partial charge in [0.05, 0.1) is 29.7 Å². The van der Waals surface area contributed by atoms with Gasteiger partial charge in [0.25, 0.3) is 5.91 Å². The van der Waals surface area contributed by atoms with Crippen LogP contribution < -0.4 is 10.6 Å². The van der Waals surface area contributed by atoms with Crippen molar-refractivity contribution in [2.45, 2.75) is 13.1 Å². The third-order valence-corrected chi connectivity index (χ3v) is 4.28. The zero-order chi connectivity index (χ0) is 18.5. The number of carbonyl (C=O) groups excluding carboxylic acids is 3.